The molecule has 3 aromatic rings. The van der Waals surface area contributed by atoms with Crippen molar-refractivity contribution in [2.75, 3.05) is 25.0 Å². The van der Waals surface area contributed by atoms with Crippen LogP contribution in [0.4, 0.5) is 20.1 Å². The molecule has 2 saturated heterocycles. The molecule has 2 aliphatic carbocycles. The van der Waals surface area contributed by atoms with E-state index in [0.29, 0.717) is 65.8 Å². The number of benzene rings is 3. The SMILES string of the molecule is CC(C)(C)OC(=O)NC1C(O)[C@H](OC2[C@@H](O)[C@H](O[C@H]3OC(CNC(=O)CCCc4cn(CCCNC(=S)Nc5ccc(-c6c7ccc(=O)cc-7oc7cc(O)ccc67)c(C(=O)O)c5)nn4)[C@@H](O)[C@H](O)C3O)C(NC(=O)OC(C)(C)C)C[C@H]2NC(=O)OC(C)(C)C)O[C@H](CO)[C@@H]1O. The van der Waals surface area contributed by atoms with Gasteiger partial charge >= 0.3 is 24.2 Å². The molecule has 4 amide bonds. The van der Waals surface area contributed by atoms with Gasteiger partial charge in [-0.25, -0.2) is 19.2 Å². The molecule has 6 unspecified atom stereocenters. The number of aromatic hydroxyl groups is 1. The van der Waals surface area contributed by atoms with E-state index in [-0.39, 0.29) is 39.6 Å². The fourth-order valence-corrected chi connectivity index (χ4v) is 11.4. The number of hydrogen-bond donors (Lipinski definition) is 15. The first-order valence-corrected chi connectivity index (χ1v) is 31.5. The smallest absolute Gasteiger partial charge is 0.408 e. The van der Waals surface area contributed by atoms with Crippen molar-refractivity contribution in [3.8, 4) is 28.2 Å². The quantitative estimate of drug-likeness (QED) is 0.0216. The number of alkyl carbamates (subject to hydrolysis) is 3. The van der Waals surface area contributed by atoms with Crippen LogP contribution in [0.2, 0.25) is 0 Å². The maximum Gasteiger partial charge on any atom is 0.408 e. The second-order valence-electron chi connectivity index (χ2n) is 26.6. The Bertz CT molecular complexity index is 3590. The first kappa shape index (κ1) is 73.9. The number of fused-ring (bicyclic) bond motifs is 2. The molecule has 8 rings (SSSR count). The van der Waals surface area contributed by atoms with Gasteiger partial charge in [0, 0.05) is 66.6 Å². The van der Waals surface area contributed by atoms with Crippen LogP contribution in [0.15, 0.2) is 70.0 Å². The van der Waals surface area contributed by atoms with Crippen molar-refractivity contribution < 1.29 is 108 Å². The molecule has 96 heavy (non-hydrogen) atoms. The van der Waals surface area contributed by atoms with Crippen molar-refractivity contribution in [2.45, 2.75) is 210 Å². The summed E-state index contributed by atoms with van der Waals surface area (Å²) in [6, 6.07) is 8.99. The number of aliphatic hydroxyl groups excluding tert-OH is 7. The Balaban J connectivity index is 0.861. The largest absolute Gasteiger partial charge is 0.508 e. The highest BCUT2D eigenvalue weighted by Crippen LogP contribution is 2.43. The highest BCUT2D eigenvalue weighted by atomic mass is 32.1. The van der Waals surface area contributed by atoms with E-state index in [0.717, 1.165) is 0 Å². The van der Waals surface area contributed by atoms with Crippen LogP contribution in [0.25, 0.3) is 33.4 Å². The molecule has 33 heteroatoms. The first-order valence-electron chi connectivity index (χ1n) is 31.1. The Morgan fingerprint density at radius 1 is 0.688 bits per heavy atom. The predicted octanol–water partition coefficient (Wildman–Crippen LogP) is 1.84. The fraction of sp³-hybridized carbons (Fsp3) is 0.571. The number of aryl methyl sites for hydroxylation is 2. The number of rotatable bonds is 21. The number of thiocarbonyl (C=S) groups is 1. The zero-order chi connectivity index (χ0) is 70.3. The summed E-state index contributed by atoms with van der Waals surface area (Å²) in [6.07, 6.45) is -22.6. The molecule has 0 spiro atoms. The molecule has 2 aromatic carbocycles. The van der Waals surface area contributed by atoms with E-state index in [1.807, 2.05) is 0 Å². The Kier molecular flexibility index (Phi) is 23.9. The maximum atomic E-state index is 13.5. The highest BCUT2D eigenvalue weighted by molar-refractivity contribution is 7.80. The van der Waals surface area contributed by atoms with Crippen LogP contribution in [0.5, 0.6) is 5.75 Å². The summed E-state index contributed by atoms with van der Waals surface area (Å²) in [6.45, 7) is 13.7. The third-order valence-corrected chi connectivity index (χ3v) is 15.7. The molecule has 3 aliphatic heterocycles. The number of hydrogen-bond acceptors (Lipinski definition) is 25. The molecule has 526 valence electrons. The predicted molar refractivity (Wildman–Crippen MR) is 342 cm³/mol. The topological polar surface area (TPSA) is 465 Å². The van der Waals surface area contributed by atoms with Crippen LogP contribution in [0.1, 0.15) is 104 Å². The average molecular weight is 1370 g/mol. The van der Waals surface area contributed by atoms with Gasteiger partial charge in [0.05, 0.1) is 36.0 Å². The summed E-state index contributed by atoms with van der Waals surface area (Å²) in [5.41, 5.74) is -0.972. The Morgan fingerprint density at radius 2 is 1.29 bits per heavy atom. The molecule has 4 heterocycles. The maximum absolute atomic E-state index is 13.5. The monoisotopic (exact) mass is 1370 g/mol. The van der Waals surface area contributed by atoms with Crippen LogP contribution < -0.4 is 37.3 Å². The number of aromatic carboxylic acids is 1. The van der Waals surface area contributed by atoms with Gasteiger partial charge in [-0.1, -0.05) is 11.3 Å². The first-order chi connectivity index (χ1) is 45.0. The van der Waals surface area contributed by atoms with Gasteiger partial charge in [0.1, 0.15) is 94.9 Å². The van der Waals surface area contributed by atoms with Gasteiger partial charge in [-0.2, -0.15) is 0 Å². The van der Waals surface area contributed by atoms with Gasteiger partial charge in [0.2, 0.25) is 5.91 Å². The van der Waals surface area contributed by atoms with E-state index in [1.165, 1.54) is 30.3 Å². The lowest BCUT2D eigenvalue weighted by molar-refractivity contribution is -0.334. The number of phenolic OH excluding ortho intramolecular Hbond substituents is 1. The summed E-state index contributed by atoms with van der Waals surface area (Å²) < 4.78 is 48.1. The summed E-state index contributed by atoms with van der Waals surface area (Å²) in [5, 5.41) is 125. The number of aliphatic hydroxyl groups is 7. The number of carboxylic acids is 1. The number of anilines is 1. The molecule has 0 bridgehead atoms. The van der Waals surface area contributed by atoms with E-state index < -0.39 is 158 Å². The zero-order valence-electron chi connectivity index (χ0n) is 54.3. The summed E-state index contributed by atoms with van der Waals surface area (Å²) in [7, 11) is 0. The second-order valence-corrected chi connectivity index (χ2v) is 27.0. The Labute approximate surface area is 556 Å². The lowest BCUT2D eigenvalue weighted by atomic mass is 9.83. The van der Waals surface area contributed by atoms with Crippen molar-refractivity contribution in [3.05, 3.63) is 82.3 Å². The molecule has 15 atom stereocenters. The standard InChI is InChI=1S/C63H85N9O23S/c1-61(2,3)93-58(85)67-37-25-38(68-59(86)94-62(4,5)6)53(51(82)52(37)91-55-48(79)45(46(77)42(28-73)90-55)69-60(87)95-63(7,8)9)92-56-50(81)49(80)47(78)41(89-56)26-65-43(76)13-10-12-30-27-72(71-70-30)21-11-20-64-57(96)66-29-14-17-33(36(22-29)54(83)84)44-34-18-15-31(74)23-39(34)88-40-24-32(75)16-19-35(40)44/h14-19,22-24,27,37-38,41-42,45-53,55-56,73-74,77-82H,10-13,20-21,25-26,28H2,1-9H3,(H,65,76)(H,67,85)(H,68,86)(H,69,87)(H,83,84)(H2,64,66,96)/t37-,38?,41?,42-,45?,46+,47-,48?,49+,50?,51-,52?,53-,55+,56-/m1/s1. The van der Waals surface area contributed by atoms with E-state index in [9.17, 15) is 74.7 Å². The van der Waals surface area contributed by atoms with Gasteiger partial charge in [0.15, 0.2) is 23.1 Å². The highest BCUT2D eigenvalue weighted by Gasteiger charge is 2.55. The van der Waals surface area contributed by atoms with Crippen molar-refractivity contribution >= 4 is 64.1 Å². The fourth-order valence-electron chi connectivity index (χ4n) is 11.2. The lowest BCUT2D eigenvalue weighted by Crippen LogP contribution is -2.70. The number of carbonyl (C=O) groups is 5. The van der Waals surface area contributed by atoms with E-state index in [1.54, 1.807) is 97.5 Å². The number of nitrogens with zero attached hydrogens (tertiary/aromatic N) is 3. The molecular formula is C63H85N9O23S. The number of amides is 4. The number of nitrogens with one attached hydrogen (secondary N) is 6. The molecule has 5 aliphatic rings. The molecule has 15 N–H and O–H groups in total. The minimum absolute atomic E-state index is 0.0434. The summed E-state index contributed by atoms with van der Waals surface area (Å²) in [5.74, 6) is -1.59. The Hall–Kier alpha value is -7.93. The molecule has 3 fully saturated rings. The summed E-state index contributed by atoms with van der Waals surface area (Å²) >= 11 is 5.52. The Morgan fingerprint density at radius 3 is 1.91 bits per heavy atom. The third kappa shape index (κ3) is 19.4. The number of aromatic nitrogens is 3. The number of carboxylic acid groups (broad SMARTS) is 1. The van der Waals surface area contributed by atoms with Crippen molar-refractivity contribution in [2.24, 2.45) is 0 Å². The normalized spacial score (nSPS) is 26.3. The van der Waals surface area contributed by atoms with Crippen LogP contribution >= 0.6 is 12.2 Å². The van der Waals surface area contributed by atoms with E-state index in [2.05, 4.69) is 42.2 Å². The van der Waals surface area contributed by atoms with Gasteiger partial charge in [-0.05, 0) is 142 Å². The van der Waals surface area contributed by atoms with Gasteiger partial charge in [-0.15, -0.1) is 5.10 Å². The van der Waals surface area contributed by atoms with Crippen molar-refractivity contribution in [1.29, 1.82) is 0 Å². The number of carbonyl (C=O) groups excluding carboxylic acids is 4. The molecule has 0 radical (unpaired) electrons. The second kappa shape index (κ2) is 31.1. The molecule has 32 nitrogen and oxygen atoms in total. The minimum Gasteiger partial charge on any atom is -0.508 e. The molecular weight excluding hydrogens is 1280 g/mol. The van der Waals surface area contributed by atoms with Crippen LogP contribution in [-0.4, -0.2) is 224 Å². The molecule has 1 saturated carbocycles. The number of phenols is 1. The third-order valence-electron chi connectivity index (χ3n) is 15.4. The minimum atomic E-state index is -2.05. The lowest BCUT2D eigenvalue weighted by Gasteiger charge is -2.49. The number of ether oxygens (including phenoxy) is 7. The van der Waals surface area contributed by atoms with Gasteiger partial charge in [-0.3, -0.25) is 14.3 Å². The summed E-state index contributed by atoms with van der Waals surface area (Å²) in [4.78, 5) is 78.1. The van der Waals surface area contributed by atoms with Gasteiger partial charge < -0.3 is 115 Å². The van der Waals surface area contributed by atoms with Crippen LogP contribution in [0, 0.1) is 0 Å². The van der Waals surface area contributed by atoms with Crippen LogP contribution in [-0.2, 0) is 50.9 Å². The molecule has 1 aromatic heterocycles. The zero-order valence-corrected chi connectivity index (χ0v) is 55.1. The van der Waals surface area contributed by atoms with E-state index >= 15 is 0 Å². The van der Waals surface area contributed by atoms with Crippen molar-refractivity contribution in [3.63, 3.8) is 0 Å². The van der Waals surface area contributed by atoms with Crippen molar-refractivity contribution in [1.82, 2.24) is 41.6 Å². The van der Waals surface area contributed by atoms with Crippen LogP contribution in [0.3, 0.4) is 0 Å². The average Bonchev–Trinajstić information content (AvgIpc) is 0.796. The van der Waals surface area contributed by atoms with Gasteiger partial charge in [0.25, 0.3) is 0 Å². The van der Waals surface area contributed by atoms with E-state index in [4.69, 9.17) is 49.8 Å².